The highest BCUT2D eigenvalue weighted by Gasteiger charge is 2.10. The van der Waals surface area contributed by atoms with Crippen LogP contribution in [0.2, 0.25) is 0 Å². The minimum atomic E-state index is -0.104. The Morgan fingerprint density at radius 3 is 2.62 bits per heavy atom. The number of nitrogens with zero attached hydrogens (tertiary/aromatic N) is 1. The quantitative estimate of drug-likeness (QED) is 0.772. The first-order valence-corrected chi connectivity index (χ1v) is 5.33. The van der Waals surface area contributed by atoms with E-state index in [0.717, 1.165) is 5.56 Å². The number of carbonyl (C=O) groups is 1. The van der Waals surface area contributed by atoms with Crippen LogP contribution in [-0.4, -0.2) is 31.3 Å². The SMILES string of the molecule is CCN(Cc1ccccc1)C(=O)NCOC. The van der Waals surface area contributed by atoms with Crippen LogP contribution >= 0.6 is 0 Å². The summed E-state index contributed by atoms with van der Waals surface area (Å²) in [6.45, 7) is 3.48. The number of ether oxygens (including phenoxy) is 1. The fraction of sp³-hybridized carbons (Fsp3) is 0.417. The molecule has 0 aliphatic carbocycles. The molecule has 0 radical (unpaired) electrons. The van der Waals surface area contributed by atoms with Crippen molar-refractivity contribution in [3.05, 3.63) is 35.9 Å². The summed E-state index contributed by atoms with van der Waals surface area (Å²) in [7, 11) is 1.55. The van der Waals surface area contributed by atoms with Crippen molar-refractivity contribution in [3.63, 3.8) is 0 Å². The molecular formula is C12H18N2O2. The molecule has 1 aromatic rings. The minimum Gasteiger partial charge on any atom is -0.364 e. The third-order valence-corrected chi connectivity index (χ3v) is 2.25. The van der Waals surface area contributed by atoms with E-state index in [1.807, 2.05) is 37.3 Å². The maximum absolute atomic E-state index is 11.7. The van der Waals surface area contributed by atoms with Gasteiger partial charge < -0.3 is 15.0 Å². The van der Waals surface area contributed by atoms with E-state index in [-0.39, 0.29) is 12.8 Å². The van der Waals surface area contributed by atoms with E-state index in [1.165, 1.54) is 0 Å². The van der Waals surface area contributed by atoms with Gasteiger partial charge in [-0.05, 0) is 12.5 Å². The van der Waals surface area contributed by atoms with Crippen LogP contribution < -0.4 is 5.32 Å². The van der Waals surface area contributed by atoms with Gasteiger partial charge in [-0.1, -0.05) is 30.3 Å². The largest absolute Gasteiger partial charge is 0.364 e. The fourth-order valence-corrected chi connectivity index (χ4v) is 1.38. The van der Waals surface area contributed by atoms with Gasteiger partial charge in [-0.2, -0.15) is 0 Å². The molecule has 0 unspecified atom stereocenters. The van der Waals surface area contributed by atoms with Gasteiger partial charge in [0.2, 0.25) is 0 Å². The molecular weight excluding hydrogens is 204 g/mol. The molecule has 0 bridgehead atoms. The molecule has 2 amide bonds. The maximum atomic E-state index is 11.7. The summed E-state index contributed by atoms with van der Waals surface area (Å²) >= 11 is 0. The number of carbonyl (C=O) groups excluding carboxylic acids is 1. The highest BCUT2D eigenvalue weighted by molar-refractivity contribution is 5.73. The van der Waals surface area contributed by atoms with Crippen molar-refractivity contribution in [1.82, 2.24) is 10.2 Å². The lowest BCUT2D eigenvalue weighted by molar-refractivity contribution is 0.153. The van der Waals surface area contributed by atoms with Crippen LogP contribution in [0.3, 0.4) is 0 Å². The number of benzene rings is 1. The number of hydrogen-bond acceptors (Lipinski definition) is 2. The number of rotatable bonds is 5. The van der Waals surface area contributed by atoms with Crippen LogP contribution in [0.1, 0.15) is 12.5 Å². The molecule has 0 saturated carbocycles. The summed E-state index contributed by atoms with van der Waals surface area (Å²) < 4.78 is 4.80. The lowest BCUT2D eigenvalue weighted by atomic mass is 10.2. The van der Waals surface area contributed by atoms with Gasteiger partial charge >= 0.3 is 6.03 Å². The molecule has 1 N–H and O–H groups in total. The maximum Gasteiger partial charge on any atom is 0.319 e. The van der Waals surface area contributed by atoms with Crippen LogP contribution in [0.25, 0.3) is 0 Å². The molecule has 0 saturated heterocycles. The summed E-state index contributed by atoms with van der Waals surface area (Å²) in [5.41, 5.74) is 1.12. The first kappa shape index (κ1) is 12.5. The zero-order chi connectivity index (χ0) is 11.8. The lowest BCUT2D eigenvalue weighted by Crippen LogP contribution is -2.40. The zero-order valence-electron chi connectivity index (χ0n) is 9.77. The molecule has 16 heavy (non-hydrogen) atoms. The van der Waals surface area contributed by atoms with Crippen molar-refractivity contribution in [2.24, 2.45) is 0 Å². The van der Waals surface area contributed by atoms with Crippen molar-refractivity contribution in [3.8, 4) is 0 Å². The summed E-state index contributed by atoms with van der Waals surface area (Å²) in [6, 6.07) is 9.81. The van der Waals surface area contributed by atoms with Gasteiger partial charge in [0.05, 0.1) is 0 Å². The standard InChI is InChI=1S/C12H18N2O2/c1-3-14(12(15)13-10-16-2)9-11-7-5-4-6-8-11/h4-8H,3,9-10H2,1-2H3,(H,13,15). The second kappa shape index (κ2) is 6.85. The first-order valence-electron chi connectivity index (χ1n) is 5.33. The van der Waals surface area contributed by atoms with Gasteiger partial charge in [-0.3, -0.25) is 0 Å². The monoisotopic (exact) mass is 222 g/mol. The fourth-order valence-electron chi connectivity index (χ4n) is 1.38. The van der Waals surface area contributed by atoms with E-state index in [4.69, 9.17) is 4.74 Å². The van der Waals surface area contributed by atoms with Gasteiger partial charge in [-0.25, -0.2) is 4.79 Å². The van der Waals surface area contributed by atoms with E-state index >= 15 is 0 Å². The zero-order valence-corrected chi connectivity index (χ0v) is 9.77. The summed E-state index contributed by atoms with van der Waals surface area (Å²) in [4.78, 5) is 13.4. The van der Waals surface area contributed by atoms with E-state index in [0.29, 0.717) is 13.1 Å². The average molecular weight is 222 g/mol. The van der Waals surface area contributed by atoms with Gasteiger partial charge in [0, 0.05) is 20.2 Å². The molecule has 0 heterocycles. The normalized spacial score (nSPS) is 9.88. The Hall–Kier alpha value is -1.55. The molecule has 0 spiro atoms. The van der Waals surface area contributed by atoms with Gasteiger partial charge in [0.1, 0.15) is 6.73 Å². The molecule has 0 aliphatic heterocycles. The van der Waals surface area contributed by atoms with Crippen LogP contribution in [0.15, 0.2) is 30.3 Å². The van der Waals surface area contributed by atoms with Crippen LogP contribution in [-0.2, 0) is 11.3 Å². The van der Waals surface area contributed by atoms with Crippen molar-refractivity contribution in [1.29, 1.82) is 0 Å². The number of amides is 2. The van der Waals surface area contributed by atoms with Gasteiger partial charge in [0.25, 0.3) is 0 Å². The minimum absolute atomic E-state index is 0.104. The van der Waals surface area contributed by atoms with Crippen LogP contribution in [0, 0.1) is 0 Å². The predicted octanol–water partition coefficient (Wildman–Crippen LogP) is 1.82. The highest BCUT2D eigenvalue weighted by atomic mass is 16.5. The molecule has 1 rings (SSSR count). The third-order valence-electron chi connectivity index (χ3n) is 2.25. The Kier molecular flexibility index (Phi) is 5.36. The highest BCUT2D eigenvalue weighted by Crippen LogP contribution is 2.04. The van der Waals surface area contributed by atoms with Crippen LogP contribution in [0.4, 0.5) is 4.79 Å². The van der Waals surface area contributed by atoms with Crippen molar-refractivity contribution in [2.75, 3.05) is 20.4 Å². The third kappa shape index (κ3) is 3.90. The van der Waals surface area contributed by atoms with E-state index in [1.54, 1.807) is 12.0 Å². The first-order chi connectivity index (χ1) is 7.77. The van der Waals surface area contributed by atoms with Crippen LogP contribution in [0.5, 0.6) is 0 Å². The molecule has 0 aromatic heterocycles. The Bertz CT molecular complexity index is 314. The Balaban J connectivity index is 2.52. The van der Waals surface area contributed by atoms with Crippen molar-refractivity contribution >= 4 is 6.03 Å². The second-order valence-electron chi connectivity index (χ2n) is 3.41. The number of hydrogen-bond donors (Lipinski definition) is 1. The molecule has 1 aromatic carbocycles. The van der Waals surface area contributed by atoms with E-state index in [9.17, 15) is 4.79 Å². The molecule has 88 valence electrons. The molecule has 4 heteroatoms. The van der Waals surface area contributed by atoms with Gasteiger partial charge in [0.15, 0.2) is 0 Å². The summed E-state index contributed by atoms with van der Waals surface area (Å²) in [6.07, 6.45) is 0. The summed E-state index contributed by atoms with van der Waals surface area (Å²) in [5, 5.41) is 2.67. The average Bonchev–Trinajstić information content (AvgIpc) is 2.34. The van der Waals surface area contributed by atoms with Crippen molar-refractivity contribution < 1.29 is 9.53 Å². The van der Waals surface area contributed by atoms with Crippen molar-refractivity contribution in [2.45, 2.75) is 13.5 Å². The Morgan fingerprint density at radius 2 is 2.06 bits per heavy atom. The Labute approximate surface area is 96.2 Å². The molecule has 0 fully saturated rings. The number of nitrogens with one attached hydrogen (secondary N) is 1. The lowest BCUT2D eigenvalue weighted by Gasteiger charge is -2.21. The van der Waals surface area contributed by atoms with Gasteiger partial charge in [-0.15, -0.1) is 0 Å². The topological polar surface area (TPSA) is 41.6 Å². The smallest absolute Gasteiger partial charge is 0.319 e. The Morgan fingerprint density at radius 1 is 1.38 bits per heavy atom. The van der Waals surface area contributed by atoms with E-state index in [2.05, 4.69) is 5.32 Å². The predicted molar refractivity (Wildman–Crippen MR) is 62.9 cm³/mol. The number of urea groups is 1. The second-order valence-corrected chi connectivity index (χ2v) is 3.41. The van der Waals surface area contributed by atoms with E-state index < -0.39 is 0 Å². The number of methoxy groups -OCH3 is 1. The molecule has 0 atom stereocenters. The molecule has 0 aliphatic rings. The molecule has 4 nitrogen and oxygen atoms in total. The summed E-state index contributed by atoms with van der Waals surface area (Å²) in [5.74, 6) is 0.